The van der Waals surface area contributed by atoms with Crippen LogP contribution in [0.4, 0.5) is 0 Å². The molecule has 29 heavy (non-hydrogen) atoms. The molecule has 1 aliphatic rings. The molecule has 6 nitrogen and oxygen atoms in total. The van der Waals surface area contributed by atoms with Gasteiger partial charge in [0.1, 0.15) is 5.75 Å². The molecule has 1 amide bonds. The summed E-state index contributed by atoms with van der Waals surface area (Å²) in [5.74, 6) is 0.360. The van der Waals surface area contributed by atoms with Crippen LogP contribution in [0.25, 0.3) is 0 Å². The summed E-state index contributed by atoms with van der Waals surface area (Å²) in [5.41, 5.74) is 0.960. The van der Waals surface area contributed by atoms with Crippen LogP contribution in [0.5, 0.6) is 5.75 Å². The van der Waals surface area contributed by atoms with Crippen molar-refractivity contribution in [3.63, 3.8) is 0 Å². The van der Waals surface area contributed by atoms with Crippen molar-refractivity contribution in [1.29, 1.82) is 0 Å². The Balaban J connectivity index is 1.44. The molecule has 3 rings (SSSR count). The van der Waals surface area contributed by atoms with Gasteiger partial charge in [0.15, 0.2) is 6.61 Å². The molecule has 0 spiro atoms. The van der Waals surface area contributed by atoms with E-state index in [1.807, 2.05) is 0 Å². The minimum absolute atomic E-state index is 0.0748. The largest absolute Gasteiger partial charge is 0.484 e. The lowest BCUT2D eigenvalue weighted by Gasteiger charge is -2.25. The van der Waals surface area contributed by atoms with Gasteiger partial charge in [0.05, 0.1) is 4.90 Å². The van der Waals surface area contributed by atoms with E-state index in [0.29, 0.717) is 41.7 Å². The summed E-state index contributed by atoms with van der Waals surface area (Å²) in [7, 11) is -3.41. The molecule has 1 saturated heterocycles. The number of amides is 1. The predicted octanol–water partition coefficient (Wildman–Crippen LogP) is 3.25. The third-order valence-electron chi connectivity index (χ3n) is 4.80. The summed E-state index contributed by atoms with van der Waals surface area (Å²) >= 11 is 5.80. The Bertz CT molecular complexity index is 909. The van der Waals surface area contributed by atoms with E-state index in [0.717, 1.165) is 24.8 Å². The summed E-state index contributed by atoms with van der Waals surface area (Å²) in [6.45, 7) is 1.55. The fraction of sp³-hybridized carbons (Fsp3) is 0.381. The summed E-state index contributed by atoms with van der Waals surface area (Å²) in [4.78, 5) is 12.2. The number of carbonyl (C=O) groups is 1. The molecule has 1 fully saturated rings. The molecule has 2 aromatic carbocycles. The van der Waals surface area contributed by atoms with Crippen LogP contribution in [0.1, 0.15) is 24.8 Å². The van der Waals surface area contributed by atoms with Crippen LogP contribution in [0.3, 0.4) is 0 Å². The minimum atomic E-state index is -3.41. The zero-order chi connectivity index (χ0) is 20.7. The fourth-order valence-electron chi connectivity index (χ4n) is 3.16. The highest BCUT2D eigenvalue weighted by Crippen LogP contribution is 2.21. The van der Waals surface area contributed by atoms with Crippen molar-refractivity contribution in [1.82, 2.24) is 9.62 Å². The van der Waals surface area contributed by atoms with Crippen LogP contribution in [0, 0.1) is 0 Å². The number of benzene rings is 2. The molecule has 0 aliphatic carbocycles. The standard InChI is InChI=1S/C21H25ClN2O4S/c22-18-6-8-19(9-7-18)28-16-21(25)23-13-12-17-4-10-20(11-5-17)29(26,27)24-14-2-1-3-15-24/h4-11H,1-3,12-16H2,(H,23,25). The number of nitrogens with one attached hydrogen (secondary N) is 1. The van der Waals surface area contributed by atoms with Gasteiger partial charge in [0.25, 0.3) is 5.91 Å². The van der Waals surface area contributed by atoms with Crippen molar-refractivity contribution < 1.29 is 17.9 Å². The van der Waals surface area contributed by atoms with Crippen LogP contribution in [-0.2, 0) is 21.2 Å². The molecule has 0 unspecified atom stereocenters. The predicted molar refractivity (Wildman–Crippen MR) is 113 cm³/mol. The molecule has 1 N–H and O–H groups in total. The number of hydrogen-bond acceptors (Lipinski definition) is 4. The van der Waals surface area contributed by atoms with Crippen LogP contribution < -0.4 is 10.1 Å². The maximum Gasteiger partial charge on any atom is 0.257 e. The first-order chi connectivity index (χ1) is 13.9. The number of carbonyl (C=O) groups excluding carboxylic acids is 1. The highest BCUT2D eigenvalue weighted by Gasteiger charge is 2.25. The second-order valence-electron chi connectivity index (χ2n) is 6.95. The molecular weight excluding hydrogens is 412 g/mol. The van der Waals surface area contributed by atoms with Crippen molar-refractivity contribution in [3.05, 3.63) is 59.1 Å². The van der Waals surface area contributed by atoms with Gasteiger partial charge in [-0.15, -0.1) is 0 Å². The fourth-order valence-corrected chi connectivity index (χ4v) is 4.80. The number of sulfonamides is 1. The summed E-state index contributed by atoms with van der Waals surface area (Å²) in [6, 6.07) is 13.7. The van der Waals surface area contributed by atoms with E-state index in [9.17, 15) is 13.2 Å². The molecule has 2 aromatic rings. The van der Waals surface area contributed by atoms with E-state index in [2.05, 4.69) is 5.32 Å². The van der Waals surface area contributed by atoms with Gasteiger partial charge in [0.2, 0.25) is 10.0 Å². The minimum Gasteiger partial charge on any atom is -0.484 e. The van der Waals surface area contributed by atoms with Gasteiger partial charge < -0.3 is 10.1 Å². The van der Waals surface area contributed by atoms with E-state index < -0.39 is 10.0 Å². The Morgan fingerprint density at radius 3 is 2.31 bits per heavy atom. The van der Waals surface area contributed by atoms with E-state index in [-0.39, 0.29) is 12.5 Å². The van der Waals surface area contributed by atoms with E-state index in [1.165, 1.54) is 0 Å². The van der Waals surface area contributed by atoms with Crippen LogP contribution in [0.15, 0.2) is 53.4 Å². The Labute approximate surface area is 176 Å². The zero-order valence-corrected chi connectivity index (χ0v) is 17.7. The smallest absolute Gasteiger partial charge is 0.257 e. The maximum atomic E-state index is 12.7. The van der Waals surface area contributed by atoms with Gasteiger partial charge >= 0.3 is 0 Å². The average molecular weight is 437 g/mol. The summed E-state index contributed by atoms with van der Waals surface area (Å²) < 4.78 is 32.3. The molecule has 156 valence electrons. The van der Waals surface area contributed by atoms with Crippen molar-refractivity contribution in [2.45, 2.75) is 30.6 Å². The first-order valence-electron chi connectivity index (χ1n) is 9.69. The SMILES string of the molecule is O=C(COc1ccc(Cl)cc1)NCCc1ccc(S(=O)(=O)N2CCCCC2)cc1. The molecular formula is C21H25ClN2O4S. The Hall–Kier alpha value is -2.09. The van der Waals surface area contributed by atoms with Gasteiger partial charge in [-0.2, -0.15) is 4.31 Å². The number of piperidine rings is 1. The first-order valence-corrected chi connectivity index (χ1v) is 11.5. The Morgan fingerprint density at radius 2 is 1.66 bits per heavy atom. The highest BCUT2D eigenvalue weighted by atomic mass is 35.5. The van der Waals surface area contributed by atoms with E-state index in [1.54, 1.807) is 52.8 Å². The molecule has 1 heterocycles. The molecule has 0 bridgehead atoms. The van der Waals surface area contributed by atoms with Crippen LogP contribution in [-0.4, -0.2) is 44.9 Å². The number of rotatable bonds is 8. The quantitative estimate of drug-likeness (QED) is 0.689. The second-order valence-corrected chi connectivity index (χ2v) is 9.33. The molecule has 0 atom stereocenters. The Morgan fingerprint density at radius 1 is 1.00 bits per heavy atom. The number of nitrogens with zero attached hydrogens (tertiary/aromatic N) is 1. The number of hydrogen-bond donors (Lipinski definition) is 1. The van der Waals surface area contributed by atoms with Gasteiger partial charge in [-0.05, 0) is 61.2 Å². The molecule has 0 aromatic heterocycles. The third-order valence-corrected chi connectivity index (χ3v) is 6.96. The monoisotopic (exact) mass is 436 g/mol. The lowest BCUT2D eigenvalue weighted by Crippen LogP contribution is -2.35. The van der Waals surface area contributed by atoms with Crippen molar-refractivity contribution in [2.24, 2.45) is 0 Å². The molecule has 0 radical (unpaired) electrons. The molecule has 0 saturated carbocycles. The van der Waals surface area contributed by atoms with Gasteiger partial charge in [-0.25, -0.2) is 8.42 Å². The Kier molecular flexibility index (Phi) is 7.52. The summed E-state index contributed by atoms with van der Waals surface area (Å²) in [6.07, 6.45) is 3.52. The topological polar surface area (TPSA) is 75.7 Å². The van der Waals surface area contributed by atoms with Crippen molar-refractivity contribution in [2.75, 3.05) is 26.2 Å². The normalized spacial score (nSPS) is 15.1. The van der Waals surface area contributed by atoms with E-state index >= 15 is 0 Å². The lowest BCUT2D eigenvalue weighted by molar-refractivity contribution is -0.123. The van der Waals surface area contributed by atoms with E-state index in [4.69, 9.17) is 16.3 Å². The molecule has 8 heteroatoms. The highest BCUT2D eigenvalue weighted by molar-refractivity contribution is 7.89. The molecule has 1 aliphatic heterocycles. The average Bonchev–Trinajstić information content (AvgIpc) is 2.74. The first kappa shape index (κ1) is 21.6. The second kappa shape index (κ2) is 10.1. The van der Waals surface area contributed by atoms with Crippen molar-refractivity contribution in [3.8, 4) is 5.75 Å². The zero-order valence-electron chi connectivity index (χ0n) is 16.1. The van der Waals surface area contributed by atoms with Gasteiger partial charge in [-0.1, -0.05) is 30.2 Å². The van der Waals surface area contributed by atoms with Crippen LogP contribution >= 0.6 is 11.6 Å². The van der Waals surface area contributed by atoms with Crippen molar-refractivity contribution >= 4 is 27.5 Å². The third kappa shape index (κ3) is 6.19. The maximum absolute atomic E-state index is 12.7. The summed E-state index contributed by atoms with van der Waals surface area (Å²) in [5, 5.41) is 3.40. The van der Waals surface area contributed by atoms with Crippen LogP contribution in [0.2, 0.25) is 5.02 Å². The number of ether oxygens (including phenoxy) is 1. The number of halogens is 1. The van der Waals surface area contributed by atoms with Gasteiger partial charge in [0, 0.05) is 24.7 Å². The lowest BCUT2D eigenvalue weighted by atomic mass is 10.1. The van der Waals surface area contributed by atoms with Gasteiger partial charge in [-0.3, -0.25) is 4.79 Å².